The van der Waals surface area contributed by atoms with E-state index in [2.05, 4.69) is 10.3 Å². The van der Waals surface area contributed by atoms with Gasteiger partial charge < -0.3 is 10.2 Å². The molecule has 0 spiro atoms. The number of hydrogen-bond donors (Lipinski definition) is 1. The first kappa shape index (κ1) is 20.3. The third kappa shape index (κ3) is 4.00. The number of carbonyl (C=O) groups excluding carboxylic acids is 2. The molecule has 1 aliphatic heterocycles. The lowest BCUT2D eigenvalue weighted by Gasteiger charge is -2.18. The second kappa shape index (κ2) is 8.39. The SMILES string of the molecule is CC(C)NC(=O)c1sc2ccccc2c1[C@H]1CCN(C(=O)Cn2cccnc2=O)C1. The van der Waals surface area contributed by atoms with Gasteiger partial charge in [-0.3, -0.25) is 14.2 Å². The summed E-state index contributed by atoms with van der Waals surface area (Å²) in [6.45, 7) is 5.01. The normalized spacial score (nSPS) is 16.4. The van der Waals surface area contributed by atoms with Crippen LogP contribution in [0.2, 0.25) is 0 Å². The second-order valence-corrected chi connectivity index (χ2v) is 8.88. The highest BCUT2D eigenvalue weighted by atomic mass is 32.1. The van der Waals surface area contributed by atoms with E-state index in [1.54, 1.807) is 17.2 Å². The van der Waals surface area contributed by atoms with Gasteiger partial charge in [0.1, 0.15) is 6.54 Å². The van der Waals surface area contributed by atoms with E-state index in [-0.39, 0.29) is 30.3 Å². The summed E-state index contributed by atoms with van der Waals surface area (Å²) in [6.07, 6.45) is 3.78. The number of nitrogens with zero attached hydrogens (tertiary/aromatic N) is 3. The molecule has 0 radical (unpaired) electrons. The molecule has 8 heteroatoms. The smallest absolute Gasteiger partial charge is 0.347 e. The Kier molecular flexibility index (Phi) is 5.67. The van der Waals surface area contributed by atoms with Crippen LogP contribution in [0.25, 0.3) is 10.1 Å². The minimum absolute atomic E-state index is 0.0233. The second-order valence-electron chi connectivity index (χ2n) is 7.82. The van der Waals surface area contributed by atoms with Gasteiger partial charge in [0.25, 0.3) is 5.91 Å². The number of carbonyl (C=O) groups is 2. The van der Waals surface area contributed by atoms with Crippen LogP contribution >= 0.6 is 11.3 Å². The predicted octanol–water partition coefficient (Wildman–Crippen LogP) is 2.61. The summed E-state index contributed by atoms with van der Waals surface area (Å²) in [7, 11) is 0. The van der Waals surface area contributed by atoms with Gasteiger partial charge in [-0.15, -0.1) is 11.3 Å². The van der Waals surface area contributed by atoms with Gasteiger partial charge in [0, 0.05) is 42.1 Å². The van der Waals surface area contributed by atoms with Gasteiger partial charge in [0.2, 0.25) is 5.91 Å². The maximum Gasteiger partial charge on any atom is 0.347 e. The van der Waals surface area contributed by atoms with Crippen LogP contribution in [-0.2, 0) is 11.3 Å². The fourth-order valence-electron chi connectivity index (χ4n) is 3.94. The first-order valence-electron chi connectivity index (χ1n) is 10.1. The summed E-state index contributed by atoms with van der Waals surface area (Å²) >= 11 is 1.51. The third-order valence-corrected chi connectivity index (χ3v) is 6.48. The van der Waals surface area contributed by atoms with Gasteiger partial charge in [-0.25, -0.2) is 9.78 Å². The zero-order valence-corrected chi connectivity index (χ0v) is 17.8. The van der Waals surface area contributed by atoms with Crippen LogP contribution in [0.4, 0.5) is 0 Å². The van der Waals surface area contributed by atoms with E-state index >= 15 is 0 Å². The van der Waals surface area contributed by atoms with Crippen molar-refractivity contribution in [3.05, 3.63) is 63.7 Å². The maximum absolute atomic E-state index is 12.9. The largest absolute Gasteiger partial charge is 0.349 e. The Labute approximate surface area is 178 Å². The average molecular weight is 425 g/mol. The number of fused-ring (bicyclic) bond motifs is 1. The molecular weight excluding hydrogens is 400 g/mol. The van der Waals surface area contributed by atoms with Crippen LogP contribution in [-0.4, -0.2) is 45.4 Å². The molecule has 1 saturated heterocycles. The van der Waals surface area contributed by atoms with Crippen LogP contribution in [0, 0.1) is 0 Å². The third-order valence-electron chi connectivity index (χ3n) is 5.30. The van der Waals surface area contributed by atoms with Crippen LogP contribution in [0.1, 0.15) is 41.4 Å². The Morgan fingerprint density at radius 1 is 1.27 bits per heavy atom. The van der Waals surface area contributed by atoms with E-state index in [9.17, 15) is 14.4 Å². The molecule has 1 atom stereocenters. The van der Waals surface area contributed by atoms with Gasteiger partial charge in [0.15, 0.2) is 0 Å². The summed E-state index contributed by atoms with van der Waals surface area (Å²) in [5, 5.41) is 4.09. The number of thiophene rings is 1. The van der Waals surface area contributed by atoms with E-state index in [1.165, 1.54) is 22.1 Å². The van der Waals surface area contributed by atoms with Crippen LogP contribution in [0.3, 0.4) is 0 Å². The molecule has 2 amide bonds. The Bertz CT molecular complexity index is 1150. The lowest BCUT2D eigenvalue weighted by molar-refractivity contribution is -0.130. The molecule has 0 bridgehead atoms. The number of rotatable bonds is 5. The average Bonchev–Trinajstić information content (AvgIpc) is 3.33. The van der Waals surface area contributed by atoms with Crippen molar-refractivity contribution in [2.24, 2.45) is 0 Å². The molecule has 1 N–H and O–H groups in total. The van der Waals surface area contributed by atoms with E-state index in [1.807, 2.05) is 38.1 Å². The summed E-state index contributed by atoms with van der Waals surface area (Å²) in [5.41, 5.74) is 0.598. The lowest BCUT2D eigenvalue weighted by Crippen LogP contribution is -2.35. The van der Waals surface area contributed by atoms with Gasteiger partial charge in [-0.2, -0.15) is 0 Å². The van der Waals surface area contributed by atoms with E-state index in [0.29, 0.717) is 13.1 Å². The van der Waals surface area contributed by atoms with Crippen molar-refractivity contribution in [1.29, 1.82) is 0 Å². The minimum atomic E-state index is -0.432. The first-order valence-corrected chi connectivity index (χ1v) is 10.9. The summed E-state index contributed by atoms with van der Waals surface area (Å²) in [4.78, 5) is 43.7. The van der Waals surface area contributed by atoms with Crippen molar-refractivity contribution < 1.29 is 9.59 Å². The molecule has 156 valence electrons. The topological polar surface area (TPSA) is 84.3 Å². The zero-order valence-electron chi connectivity index (χ0n) is 17.0. The quantitative estimate of drug-likeness (QED) is 0.682. The molecule has 3 aromatic rings. The van der Waals surface area contributed by atoms with Gasteiger partial charge in [-0.05, 0) is 43.4 Å². The minimum Gasteiger partial charge on any atom is -0.349 e. The Balaban J connectivity index is 1.59. The highest BCUT2D eigenvalue weighted by molar-refractivity contribution is 7.21. The van der Waals surface area contributed by atoms with Crippen molar-refractivity contribution >= 4 is 33.2 Å². The van der Waals surface area contributed by atoms with Crippen LogP contribution in [0.5, 0.6) is 0 Å². The van der Waals surface area contributed by atoms with Crippen LogP contribution in [0.15, 0.2) is 47.5 Å². The van der Waals surface area contributed by atoms with Gasteiger partial charge in [0.05, 0.1) is 4.88 Å². The van der Waals surface area contributed by atoms with Crippen LogP contribution < -0.4 is 11.0 Å². The highest BCUT2D eigenvalue weighted by Crippen LogP contribution is 2.40. The van der Waals surface area contributed by atoms with Crippen molar-refractivity contribution in [3.63, 3.8) is 0 Å². The fraction of sp³-hybridized carbons (Fsp3) is 0.364. The monoisotopic (exact) mass is 424 g/mol. The maximum atomic E-state index is 12.9. The summed E-state index contributed by atoms with van der Waals surface area (Å²) in [5.74, 6) is -0.0863. The molecule has 1 fully saturated rings. The lowest BCUT2D eigenvalue weighted by atomic mass is 9.95. The molecule has 7 nitrogen and oxygen atoms in total. The van der Waals surface area contributed by atoms with E-state index < -0.39 is 5.69 Å². The molecular formula is C22H24N4O3S. The fourth-order valence-corrected chi connectivity index (χ4v) is 5.14. The number of nitrogens with one attached hydrogen (secondary N) is 1. The molecule has 3 heterocycles. The number of benzene rings is 1. The Morgan fingerprint density at radius 3 is 2.83 bits per heavy atom. The number of hydrogen-bond acceptors (Lipinski definition) is 5. The molecule has 0 unspecified atom stereocenters. The molecule has 1 aliphatic rings. The molecule has 30 heavy (non-hydrogen) atoms. The number of aromatic nitrogens is 2. The van der Waals surface area contributed by atoms with Gasteiger partial charge in [-0.1, -0.05) is 18.2 Å². The number of likely N-dealkylation sites (tertiary alicyclic amines) is 1. The number of amides is 2. The molecule has 1 aromatic carbocycles. The molecule has 2 aromatic heterocycles. The van der Waals surface area contributed by atoms with Crippen molar-refractivity contribution in [2.75, 3.05) is 13.1 Å². The summed E-state index contributed by atoms with van der Waals surface area (Å²) in [6, 6.07) is 9.72. The Hall–Kier alpha value is -3.00. The first-order chi connectivity index (χ1) is 14.4. The van der Waals surface area contributed by atoms with Gasteiger partial charge >= 0.3 is 5.69 Å². The standard InChI is InChI=1S/C22H24N4O3S/c1-14(2)24-21(28)20-19(16-6-3-4-7-17(16)30-20)15-8-11-25(12-15)18(27)13-26-10-5-9-23-22(26)29/h3-7,9-10,14-15H,8,11-13H2,1-2H3,(H,24,28)/t15-/m0/s1. The molecule has 0 saturated carbocycles. The summed E-state index contributed by atoms with van der Waals surface area (Å²) < 4.78 is 2.39. The zero-order chi connectivity index (χ0) is 21.3. The van der Waals surface area contributed by atoms with E-state index in [0.717, 1.165) is 26.9 Å². The van der Waals surface area contributed by atoms with Crippen molar-refractivity contribution in [2.45, 2.75) is 38.8 Å². The molecule has 4 rings (SSSR count). The van der Waals surface area contributed by atoms with Crippen molar-refractivity contribution in [3.8, 4) is 0 Å². The molecule has 0 aliphatic carbocycles. The highest BCUT2D eigenvalue weighted by Gasteiger charge is 2.32. The van der Waals surface area contributed by atoms with Crippen molar-refractivity contribution in [1.82, 2.24) is 19.8 Å². The Morgan fingerprint density at radius 2 is 2.07 bits per heavy atom. The predicted molar refractivity (Wildman–Crippen MR) is 117 cm³/mol. The van der Waals surface area contributed by atoms with E-state index in [4.69, 9.17) is 0 Å².